The first-order valence-corrected chi connectivity index (χ1v) is 7.68. The molecule has 6 nitrogen and oxygen atoms in total. The molecule has 132 valence electrons. The largest absolute Gasteiger partial charge is 0.444 e. The van der Waals surface area contributed by atoms with Crippen molar-refractivity contribution in [3.05, 3.63) is 0 Å². The zero-order valence-electron chi connectivity index (χ0n) is 14.9. The Morgan fingerprint density at radius 1 is 1.18 bits per heavy atom. The number of unbranched alkanes of at least 4 members (excludes halogenated alkanes) is 2. The highest BCUT2D eigenvalue weighted by atomic mass is 127. The van der Waals surface area contributed by atoms with Gasteiger partial charge in [-0.15, -0.1) is 24.0 Å². The van der Waals surface area contributed by atoms with E-state index in [1.54, 1.807) is 19.0 Å². The molecule has 1 amide bonds. The fourth-order valence-electron chi connectivity index (χ4n) is 1.58. The van der Waals surface area contributed by atoms with Crippen molar-refractivity contribution in [2.75, 3.05) is 33.7 Å². The normalized spacial score (nSPS) is 11.5. The monoisotopic (exact) mass is 428 g/mol. The molecule has 0 unspecified atom stereocenters. The van der Waals surface area contributed by atoms with Crippen molar-refractivity contribution in [3.8, 4) is 0 Å². The Morgan fingerprint density at radius 2 is 1.77 bits per heavy atom. The van der Waals surface area contributed by atoms with Crippen LogP contribution >= 0.6 is 24.0 Å². The number of halogens is 1. The van der Waals surface area contributed by atoms with Gasteiger partial charge in [-0.1, -0.05) is 19.8 Å². The number of hydrogen-bond donors (Lipinski definition) is 2. The van der Waals surface area contributed by atoms with Crippen molar-refractivity contribution in [1.29, 1.82) is 0 Å². The van der Waals surface area contributed by atoms with Crippen LogP contribution < -0.4 is 10.6 Å². The van der Waals surface area contributed by atoms with Crippen LogP contribution in [0.4, 0.5) is 4.79 Å². The fraction of sp³-hybridized carbons (Fsp3) is 0.867. The van der Waals surface area contributed by atoms with Crippen molar-refractivity contribution < 1.29 is 9.53 Å². The molecule has 22 heavy (non-hydrogen) atoms. The average molecular weight is 428 g/mol. The maximum absolute atomic E-state index is 11.8. The summed E-state index contributed by atoms with van der Waals surface area (Å²) in [5.41, 5.74) is -0.463. The predicted molar refractivity (Wildman–Crippen MR) is 103 cm³/mol. The van der Waals surface area contributed by atoms with Gasteiger partial charge < -0.3 is 20.3 Å². The van der Waals surface area contributed by atoms with E-state index in [1.807, 2.05) is 20.8 Å². The van der Waals surface area contributed by atoms with E-state index in [-0.39, 0.29) is 30.1 Å². The maximum Gasteiger partial charge on any atom is 0.410 e. The number of carbonyl (C=O) groups excluding carboxylic acids is 1. The van der Waals surface area contributed by atoms with E-state index in [1.165, 1.54) is 12.8 Å². The molecule has 0 rings (SSSR count). The molecule has 2 N–H and O–H groups in total. The van der Waals surface area contributed by atoms with Crippen LogP contribution in [0.15, 0.2) is 4.99 Å². The second-order valence-electron chi connectivity index (χ2n) is 6.03. The first kappa shape index (κ1) is 23.5. The summed E-state index contributed by atoms with van der Waals surface area (Å²) in [4.78, 5) is 17.5. The molecule has 0 saturated heterocycles. The fourth-order valence-corrected chi connectivity index (χ4v) is 1.58. The lowest BCUT2D eigenvalue weighted by molar-refractivity contribution is 0.0302. The summed E-state index contributed by atoms with van der Waals surface area (Å²) < 4.78 is 5.29. The Hall–Kier alpha value is -0.730. The number of guanidine groups is 1. The van der Waals surface area contributed by atoms with Gasteiger partial charge in [0.2, 0.25) is 0 Å². The van der Waals surface area contributed by atoms with E-state index >= 15 is 0 Å². The molecule has 0 spiro atoms. The predicted octanol–water partition coefficient (Wildman–Crippen LogP) is 2.83. The zero-order chi connectivity index (χ0) is 16.3. The minimum Gasteiger partial charge on any atom is -0.444 e. The number of nitrogens with zero attached hydrogens (tertiary/aromatic N) is 2. The molecule has 0 aromatic rings. The van der Waals surface area contributed by atoms with Crippen LogP contribution in [0.1, 0.15) is 47.0 Å². The molecule has 0 radical (unpaired) electrons. The lowest BCUT2D eigenvalue weighted by Gasteiger charge is -2.24. The third-order valence-corrected chi connectivity index (χ3v) is 2.74. The molecule has 0 atom stereocenters. The SMILES string of the molecule is CCCCCNC(=NC)NCCN(C)C(=O)OC(C)(C)C.I. The van der Waals surface area contributed by atoms with Gasteiger partial charge in [0, 0.05) is 33.7 Å². The molecule has 0 aliphatic carbocycles. The Balaban J connectivity index is 0. The van der Waals surface area contributed by atoms with Crippen molar-refractivity contribution >= 4 is 36.0 Å². The van der Waals surface area contributed by atoms with Crippen molar-refractivity contribution in [2.45, 2.75) is 52.6 Å². The average Bonchev–Trinajstić information content (AvgIpc) is 2.39. The van der Waals surface area contributed by atoms with Crippen LogP contribution in [0.25, 0.3) is 0 Å². The zero-order valence-corrected chi connectivity index (χ0v) is 17.2. The summed E-state index contributed by atoms with van der Waals surface area (Å²) in [7, 11) is 3.47. The number of ether oxygens (including phenoxy) is 1. The van der Waals surface area contributed by atoms with E-state index in [0.29, 0.717) is 13.1 Å². The van der Waals surface area contributed by atoms with Gasteiger partial charge in [-0.25, -0.2) is 4.79 Å². The molecule has 0 aromatic carbocycles. The highest BCUT2D eigenvalue weighted by Gasteiger charge is 2.19. The molecule has 0 aliphatic rings. The molecule has 7 heteroatoms. The van der Waals surface area contributed by atoms with Gasteiger partial charge in [0.1, 0.15) is 5.60 Å². The van der Waals surface area contributed by atoms with Crippen LogP contribution in [0.5, 0.6) is 0 Å². The van der Waals surface area contributed by atoms with Crippen LogP contribution in [-0.2, 0) is 4.74 Å². The van der Waals surface area contributed by atoms with E-state index in [0.717, 1.165) is 18.9 Å². The quantitative estimate of drug-likeness (QED) is 0.283. The summed E-state index contributed by atoms with van der Waals surface area (Å²) in [5.74, 6) is 0.767. The van der Waals surface area contributed by atoms with E-state index in [9.17, 15) is 4.79 Å². The Kier molecular flexibility index (Phi) is 13.7. The number of likely N-dealkylation sites (N-methyl/N-ethyl adjacent to an activating group) is 1. The molecular formula is C15H33IN4O2. The topological polar surface area (TPSA) is 66.0 Å². The first-order valence-electron chi connectivity index (χ1n) is 7.68. The minimum atomic E-state index is -0.463. The smallest absolute Gasteiger partial charge is 0.410 e. The van der Waals surface area contributed by atoms with Gasteiger partial charge >= 0.3 is 6.09 Å². The highest BCUT2D eigenvalue weighted by Crippen LogP contribution is 2.08. The van der Waals surface area contributed by atoms with E-state index < -0.39 is 5.60 Å². The summed E-state index contributed by atoms with van der Waals surface area (Å²) >= 11 is 0. The van der Waals surface area contributed by atoms with Crippen LogP contribution in [0.2, 0.25) is 0 Å². The number of nitrogens with one attached hydrogen (secondary N) is 2. The third kappa shape index (κ3) is 13.0. The van der Waals surface area contributed by atoms with Crippen molar-refractivity contribution in [3.63, 3.8) is 0 Å². The second-order valence-corrected chi connectivity index (χ2v) is 6.03. The summed E-state index contributed by atoms with van der Waals surface area (Å²) in [5, 5.41) is 6.43. The molecule has 0 aliphatic heterocycles. The molecular weight excluding hydrogens is 395 g/mol. The van der Waals surface area contributed by atoms with Crippen LogP contribution in [0.3, 0.4) is 0 Å². The third-order valence-electron chi connectivity index (χ3n) is 2.74. The Morgan fingerprint density at radius 3 is 2.27 bits per heavy atom. The molecule has 0 saturated carbocycles. The molecule has 0 fully saturated rings. The van der Waals surface area contributed by atoms with Gasteiger partial charge in [0.15, 0.2) is 5.96 Å². The van der Waals surface area contributed by atoms with Crippen molar-refractivity contribution in [2.24, 2.45) is 4.99 Å². The van der Waals surface area contributed by atoms with Gasteiger partial charge in [0.25, 0.3) is 0 Å². The van der Waals surface area contributed by atoms with Gasteiger partial charge in [-0.3, -0.25) is 4.99 Å². The molecule has 0 heterocycles. The van der Waals surface area contributed by atoms with Gasteiger partial charge in [-0.2, -0.15) is 0 Å². The Bertz CT molecular complexity index is 330. The number of aliphatic imine (C=N–C) groups is 1. The summed E-state index contributed by atoms with van der Waals surface area (Å²) in [6.45, 7) is 9.86. The summed E-state index contributed by atoms with van der Waals surface area (Å²) in [6, 6.07) is 0. The van der Waals surface area contributed by atoms with E-state index in [2.05, 4.69) is 22.5 Å². The number of rotatable bonds is 7. The molecule has 0 bridgehead atoms. The first-order chi connectivity index (χ1) is 9.80. The number of amides is 1. The minimum absolute atomic E-state index is 0. The standard InChI is InChI=1S/C15H32N4O2.HI/c1-7-8-9-10-17-13(16-5)18-11-12-19(6)14(20)21-15(2,3)4;/h7-12H2,1-6H3,(H2,16,17,18);1H. The van der Waals surface area contributed by atoms with Gasteiger partial charge in [-0.05, 0) is 27.2 Å². The van der Waals surface area contributed by atoms with E-state index in [4.69, 9.17) is 4.74 Å². The lowest BCUT2D eigenvalue weighted by atomic mass is 10.2. The van der Waals surface area contributed by atoms with Crippen molar-refractivity contribution in [1.82, 2.24) is 15.5 Å². The Labute approximate surface area is 152 Å². The second kappa shape index (κ2) is 12.8. The maximum atomic E-state index is 11.8. The highest BCUT2D eigenvalue weighted by molar-refractivity contribution is 14.0. The van der Waals surface area contributed by atoms with Gasteiger partial charge in [0.05, 0.1) is 0 Å². The number of carbonyl (C=O) groups is 1. The van der Waals surface area contributed by atoms with Crippen LogP contribution in [-0.4, -0.2) is 56.3 Å². The summed E-state index contributed by atoms with van der Waals surface area (Å²) in [6.07, 6.45) is 3.24. The lowest BCUT2D eigenvalue weighted by Crippen LogP contribution is -2.43. The molecule has 0 aromatic heterocycles. The number of hydrogen-bond acceptors (Lipinski definition) is 3. The van der Waals surface area contributed by atoms with Crippen LogP contribution in [0, 0.1) is 0 Å².